The summed E-state index contributed by atoms with van der Waals surface area (Å²) in [5.41, 5.74) is 0.704. The zero-order valence-corrected chi connectivity index (χ0v) is 12.1. The Morgan fingerprint density at radius 3 is 2.55 bits per heavy atom. The number of thiazole rings is 1. The lowest BCUT2D eigenvalue weighted by molar-refractivity contribution is 0.101. The van der Waals surface area contributed by atoms with Gasteiger partial charge in [0.15, 0.2) is 10.9 Å². The maximum absolute atomic E-state index is 11.7. The molecule has 2 aromatic rings. The molecule has 0 aliphatic carbocycles. The lowest BCUT2D eigenvalue weighted by atomic mass is 10.1. The second kappa shape index (κ2) is 5.58. The molecule has 20 heavy (non-hydrogen) atoms. The van der Waals surface area contributed by atoms with Gasteiger partial charge in [-0.05, 0) is 19.1 Å². The van der Waals surface area contributed by atoms with Crippen LogP contribution in [0.2, 0.25) is 0 Å². The summed E-state index contributed by atoms with van der Waals surface area (Å²) in [6.45, 7) is 5.11. The van der Waals surface area contributed by atoms with Crippen molar-refractivity contribution >= 4 is 28.1 Å². The second-order valence-electron chi connectivity index (χ2n) is 4.72. The quantitative estimate of drug-likeness (QED) is 0.809. The largest absolute Gasteiger partial charge is 0.352 e. The Kier molecular flexibility index (Phi) is 3.64. The van der Waals surface area contributed by atoms with Crippen molar-refractivity contribution < 1.29 is 4.79 Å². The number of aromatic nitrogens is 2. The zero-order valence-electron chi connectivity index (χ0n) is 11.3. The Balaban J connectivity index is 1.74. The Hall–Kier alpha value is -1.95. The summed E-state index contributed by atoms with van der Waals surface area (Å²) >= 11 is 1.66. The van der Waals surface area contributed by atoms with Crippen LogP contribution in [0.1, 0.15) is 17.3 Å². The lowest BCUT2D eigenvalue weighted by Crippen LogP contribution is -2.47. The van der Waals surface area contributed by atoms with Gasteiger partial charge in [0, 0.05) is 44.0 Å². The third-order valence-electron chi connectivity index (χ3n) is 3.43. The van der Waals surface area contributed by atoms with Gasteiger partial charge in [-0.25, -0.2) is 9.97 Å². The zero-order chi connectivity index (χ0) is 13.9. The van der Waals surface area contributed by atoms with Crippen LogP contribution in [0.15, 0.2) is 29.9 Å². The summed E-state index contributed by atoms with van der Waals surface area (Å²) in [5.74, 6) is 0.870. The molecule has 2 aromatic heterocycles. The molecule has 6 heteroatoms. The minimum Gasteiger partial charge on any atom is -0.352 e. The molecule has 1 saturated heterocycles. The van der Waals surface area contributed by atoms with Crippen molar-refractivity contribution in [1.82, 2.24) is 9.97 Å². The topological polar surface area (TPSA) is 49.3 Å². The van der Waals surface area contributed by atoms with Gasteiger partial charge in [-0.1, -0.05) is 0 Å². The summed E-state index contributed by atoms with van der Waals surface area (Å²) < 4.78 is 0. The average molecular weight is 288 g/mol. The number of anilines is 2. The second-order valence-corrected chi connectivity index (χ2v) is 5.59. The maximum atomic E-state index is 11.7. The molecular formula is C14H16N4OS. The standard InChI is InChI=1S/C14H16N4OS/c1-11(19)12-3-2-4-15-13(12)17-6-8-18(9-7-17)14-16-5-10-20-14/h2-5,10H,6-9H2,1H3. The SMILES string of the molecule is CC(=O)c1cccnc1N1CCN(c2nccs2)CC1. The highest BCUT2D eigenvalue weighted by Gasteiger charge is 2.22. The molecule has 3 heterocycles. The van der Waals surface area contributed by atoms with Gasteiger partial charge in [0.1, 0.15) is 5.82 Å². The molecule has 0 N–H and O–H groups in total. The van der Waals surface area contributed by atoms with Crippen molar-refractivity contribution in [1.29, 1.82) is 0 Å². The molecule has 104 valence electrons. The van der Waals surface area contributed by atoms with Crippen LogP contribution in [-0.4, -0.2) is 41.9 Å². The highest BCUT2D eigenvalue weighted by atomic mass is 32.1. The highest BCUT2D eigenvalue weighted by molar-refractivity contribution is 7.13. The molecule has 3 rings (SSSR count). The van der Waals surface area contributed by atoms with E-state index in [0.29, 0.717) is 5.56 Å². The average Bonchev–Trinajstić information content (AvgIpc) is 3.02. The van der Waals surface area contributed by atoms with E-state index in [0.717, 1.165) is 37.1 Å². The predicted octanol–water partition coefficient (Wildman–Crippen LogP) is 2.07. The van der Waals surface area contributed by atoms with Gasteiger partial charge < -0.3 is 9.80 Å². The van der Waals surface area contributed by atoms with E-state index in [-0.39, 0.29) is 5.78 Å². The molecule has 0 saturated carbocycles. The molecule has 1 aliphatic rings. The van der Waals surface area contributed by atoms with E-state index in [1.165, 1.54) is 0 Å². The number of carbonyl (C=O) groups is 1. The molecule has 0 aromatic carbocycles. The summed E-state index contributed by atoms with van der Waals surface area (Å²) in [6.07, 6.45) is 3.58. The van der Waals surface area contributed by atoms with Crippen LogP contribution in [0, 0.1) is 0 Å². The van der Waals surface area contributed by atoms with Crippen LogP contribution in [0.5, 0.6) is 0 Å². The van der Waals surface area contributed by atoms with E-state index in [2.05, 4.69) is 19.8 Å². The normalized spacial score (nSPS) is 15.4. The Morgan fingerprint density at radius 1 is 1.15 bits per heavy atom. The number of pyridine rings is 1. The predicted molar refractivity (Wildman–Crippen MR) is 80.8 cm³/mol. The van der Waals surface area contributed by atoms with Crippen molar-refractivity contribution in [3.05, 3.63) is 35.5 Å². The molecule has 0 amide bonds. The fraction of sp³-hybridized carbons (Fsp3) is 0.357. The third-order valence-corrected chi connectivity index (χ3v) is 4.27. The van der Waals surface area contributed by atoms with Crippen LogP contribution in [0.25, 0.3) is 0 Å². The number of ketones is 1. The van der Waals surface area contributed by atoms with Crippen molar-refractivity contribution in [3.63, 3.8) is 0 Å². The first-order valence-electron chi connectivity index (χ1n) is 6.61. The van der Waals surface area contributed by atoms with Gasteiger partial charge >= 0.3 is 0 Å². The van der Waals surface area contributed by atoms with E-state index in [4.69, 9.17) is 0 Å². The molecule has 0 spiro atoms. The first-order chi connectivity index (χ1) is 9.75. The number of nitrogens with zero attached hydrogens (tertiary/aromatic N) is 4. The monoisotopic (exact) mass is 288 g/mol. The Morgan fingerprint density at radius 2 is 1.90 bits per heavy atom. The fourth-order valence-corrected chi connectivity index (χ4v) is 3.10. The number of piperazine rings is 1. The first kappa shape index (κ1) is 13.1. The molecule has 1 aliphatic heterocycles. The molecule has 0 atom stereocenters. The van der Waals surface area contributed by atoms with E-state index in [1.807, 2.05) is 23.7 Å². The van der Waals surface area contributed by atoms with Crippen LogP contribution >= 0.6 is 11.3 Å². The van der Waals surface area contributed by atoms with Gasteiger partial charge in [0.25, 0.3) is 0 Å². The third kappa shape index (κ3) is 2.51. The number of hydrogen-bond donors (Lipinski definition) is 0. The van der Waals surface area contributed by atoms with E-state index >= 15 is 0 Å². The van der Waals surface area contributed by atoms with Crippen molar-refractivity contribution in [2.75, 3.05) is 36.0 Å². The molecular weight excluding hydrogens is 272 g/mol. The van der Waals surface area contributed by atoms with Gasteiger partial charge in [-0.3, -0.25) is 4.79 Å². The molecule has 0 bridgehead atoms. The highest BCUT2D eigenvalue weighted by Crippen LogP contribution is 2.23. The smallest absolute Gasteiger partial charge is 0.185 e. The summed E-state index contributed by atoms with van der Waals surface area (Å²) in [7, 11) is 0. The van der Waals surface area contributed by atoms with Gasteiger partial charge in [-0.15, -0.1) is 11.3 Å². The van der Waals surface area contributed by atoms with E-state index in [9.17, 15) is 4.79 Å². The van der Waals surface area contributed by atoms with Crippen LogP contribution < -0.4 is 9.80 Å². The summed E-state index contributed by atoms with van der Waals surface area (Å²) in [6, 6.07) is 3.66. The summed E-state index contributed by atoms with van der Waals surface area (Å²) in [4.78, 5) is 24.9. The number of rotatable bonds is 3. The Labute approximate surface area is 121 Å². The molecule has 5 nitrogen and oxygen atoms in total. The first-order valence-corrected chi connectivity index (χ1v) is 7.49. The minimum atomic E-state index is 0.0652. The maximum Gasteiger partial charge on any atom is 0.185 e. The van der Waals surface area contributed by atoms with Crippen molar-refractivity contribution in [2.45, 2.75) is 6.92 Å². The molecule has 1 fully saturated rings. The van der Waals surface area contributed by atoms with E-state index in [1.54, 1.807) is 24.5 Å². The van der Waals surface area contributed by atoms with Crippen molar-refractivity contribution in [2.24, 2.45) is 0 Å². The molecule has 0 radical (unpaired) electrons. The Bertz CT molecular complexity index is 591. The minimum absolute atomic E-state index is 0.0652. The van der Waals surface area contributed by atoms with Crippen LogP contribution in [0.3, 0.4) is 0 Å². The van der Waals surface area contributed by atoms with Gasteiger partial charge in [0.2, 0.25) is 0 Å². The van der Waals surface area contributed by atoms with Crippen LogP contribution in [0.4, 0.5) is 10.9 Å². The lowest BCUT2D eigenvalue weighted by Gasteiger charge is -2.35. The number of hydrogen-bond acceptors (Lipinski definition) is 6. The van der Waals surface area contributed by atoms with Gasteiger partial charge in [-0.2, -0.15) is 0 Å². The molecule has 0 unspecified atom stereocenters. The number of Topliss-reactive ketones (excluding diaryl/α,β-unsaturated/α-hetero) is 1. The fourth-order valence-electron chi connectivity index (χ4n) is 2.41. The summed E-state index contributed by atoms with van der Waals surface area (Å²) in [5, 5.41) is 3.06. The van der Waals surface area contributed by atoms with Gasteiger partial charge in [0.05, 0.1) is 5.56 Å². The van der Waals surface area contributed by atoms with E-state index < -0.39 is 0 Å². The van der Waals surface area contributed by atoms with Crippen molar-refractivity contribution in [3.8, 4) is 0 Å². The van der Waals surface area contributed by atoms with Crippen LogP contribution in [-0.2, 0) is 0 Å². The number of carbonyl (C=O) groups excluding carboxylic acids is 1.